The molecule has 0 atom stereocenters. The van der Waals surface area contributed by atoms with E-state index in [2.05, 4.69) is 10.6 Å². The number of amides is 3. The van der Waals surface area contributed by atoms with E-state index in [4.69, 9.17) is 0 Å². The molecule has 6 heteroatoms. The van der Waals surface area contributed by atoms with Crippen LogP contribution in [0.25, 0.3) is 0 Å². The van der Waals surface area contributed by atoms with E-state index in [0.29, 0.717) is 6.54 Å². The molecule has 1 aromatic heterocycles. The molecular formula is C10H15N3O2S. The molecule has 1 aromatic rings. The van der Waals surface area contributed by atoms with E-state index in [1.807, 2.05) is 29.5 Å². The summed E-state index contributed by atoms with van der Waals surface area (Å²) in [4.78, 5) is 25.2. The zero-order chi connectivity index (χ0) is 12.0. The summed E-state index contributed by atoms with van der Waals surface area (Å²) in [7, 11) is 3.31. The number of carbonyl (C=O) groups is 2. The van der Waals surface area contributed by atoms with Gasteiger partial charge in [0.25, 0.3) is 0 Å². The molecule has 1 rings (SSSR count). The number of hydrogen-bond donors (Lipinski definition) is 2. The fourth-order valence-electron chi connectivity index (χ4n) is 1.20. The van der Waals surface area contributed by atoms with Crippen LogP contribution in [0, 0.1) is 0 Å². The minimum atomic E-state index is -0.477. The van der Waals surface area contributed by atoms with Crippen LogP contribution in [-0.4, -0.2) is 37.5 Å². The summed E-state index contributed by atoms with van der Waals surface area (Å²) in [5, 5.41) is 6.53. The highest BCUT2D eigenvalue weighted by molar-refractivity contribution is 7.09. The topological polar surface area (TPSA) is 61.4 Å². The maximum atomic E-state index is 11.3. The van der Waals surface area contributed by atoms with Crippen molar-refractivity contribution in [1.82, 2.24) is 15.5 Å². The Morgan fingerprint density at radius 3 is 2.81 bits per heavy atom. The van der Waals surface area contributed by atoms with Crippen molar-refractivity contribution in [2.24, 2.45) is 0 Å². The molecule has 0 bridgehead atoms. The van der Waals surface area contributed by atoms with Crippen LogP contribution < -0.4 is 10.6 Å². The zero-order valence-electron chi connectivity index (χ0n) is 9.32. The van der Waals surface area contributed by atoms with Gasteiger partial charge in [0, 0.05) is 18.5 Å². The van der Waals surface area contributed by atoms with E-state index in [-0.39, 0.29) is 12.5 Å². The first-order valence-corrected chi connectivity index (χ1v) is 5.72. The summed E-state index contributed by atoms with van der Waals surface area (Å²) in [5.41, 5.74) is 0. The van der Waals surface area contributed by atoms with Gasteiger partial charge in [0.15, 0.2) is 0 Å². The fourth-order valence-corrected chi connectivity index (χ4v) is 1.98. The van der Waals surface area contributed by atoms with Crippen LogP contribution in [0.5, 0.6) is 0 Å². The summed E-state index contributed by atoms with van der Waals surface area (Å²) in [6, 6.07) is 3.51. The van der Waals surface area contributed by atoms with Crippen molar-refractivity contribution in [1.29, 1.82) is 0 Å². The molecule has 0 aliphatic rings. The van der Waals surface area contributed by atoms with E-state index in [0.717, 1.165) is 0 Å². The molecular weight excluding hydrogens is 226 g/mol. The maximum absolute atomic E-state index is 11.3. The number of likely N-dealkylation sites (N-methyl/N-ethyl adjacent to an activating group) is 1. The highest BCUT2D eigenvalue weighted by Gasteiger charge is 2.09. The number of rotatable bonds is 4. The third-order valence-electron chi connectivity index (χ3n) is 1.90. The first-order chi connectivity index (χ1) is 7.61. The first kappa shape index (κ1) is 12.7. The van der Waals surface area contributed by atoms with Gasteiger partial charge in [-0.1, -0.05) is 6.07 Å². The molecule has 0 unspecified atom stereocenters. The van der Waals surface area contributed by atoms with E-state index in [1.54, 1.807) is 11.3 Å². The number of nitrogens with one attached hydrogen (secondary N) is 2. The molecule has 0 fully saturated rings. The predicted molar refractivity (Wildman–Crippen MR) is 63.3 cm³/mol. The quantitative estimate of drug-likeness (QED) is 0.813. The van der Waals surface area contributed by atoms with Gasteiger partial charge in [-0.25, -0.2) is 4.79 Å². The Labute approximate surface area is 98.4 Å². The van der Waals surface area contributed by atoms with Gasteiger partial charge in [-0.15, -0.1) is 11.3 Å². The van der Waals surface area contributed by atoms with E-state index in [1.165, 1.54) is 11.9 Å². The second-order valence-corrected chi connectivity index (χ2v) is 4.41. The van der Waals surface area contributed by atoms with Gasteiger partial charge in [0.1, 0.15) is 0 Å². The van der Waals surface area contributed by atoms with Crippen LogP contribution in [0.1, 0.15) is 4.88 Å². The number of thiophene rings is 1. The number of imide groups is 1. The predicted octanol–water partition coefficient (Wildman–Crippen LogP) is 0.636. The van der Waals surface area contributed by atoms with Crippen molar-refractivity contribution in [3.63, 3.8) is 0 Å². The summed E-state index contributed by atoms with van der Waals surface area (Å²) in [6.45, 7) is 0.907. The Balaban J connectivity index is 2.31. The van der Waals surface area contributed by atoms with Crippen molar-refractivity contribution >= 4 is 23.3 Å². The Bertz CT molecular complexity index is 351. The molecule has 0 saturated carbocycles. The first-order valence-electron chi connectivity index (χ1n) is 4.84. The van der Waals surface area contributed by atoms with Gasteiger partial charge in [0.2, 0.25) is 5.91 Å². The van der Waals surface area contributed by atoms with E-state index >= 15 is 0 Å². The van der Waals surface area contributed by atoms with Crippen LogP contribution in [0.3, 0.4) is 0 Å². The van der Waals surface area contributed by atoms with Crippen molar-refractivity contribution in [3.05, 3.63) is 22.4 Å². The van der Waals surface area contributed by atoms with Crippen molar-refractivity contribution in [2.45, 2.75) is 6.54 Å². The molecule has 0 spiro atoms. The number of urea groups is 1. The summed E-state index contributed by atoms with van der Waals surface area (Å²) in [5.74, 6) is -0.307. The van der Waals surface area contributed by atoms with E-state index < -0.39 is 6.03 Å². The second kappa shape index (κ2) is 6.24. The van der Waals surface area contributed by atoms with Crippen LogP contribution in [0.2, 0.25) is 0 Å². The molecule has 2 N–H and O–H groups in total. The van der Waals surface area contributed by atoms with Crippen molar-refractivity contribution in [3.8, 4) is 0 Å². The zero-order valence-corrected chi connectivity index (χ0v) is 10.1. The molecule has 3 amide bonds. The number of nitrogens with zero attached hydrogens (tertiary/aromatic N) is 1. The lowest BCUT2D eigenvalue weighted by Crippen LogP contribution is -2.42. The van der Waals surface area contributed by atoms with Crippen LogP contribution in [-0.2, 0) is 11.3 Å². The molecule has 5 nitrogen and oxygen atoms in total. The van der Waals surface area contributed by atoms with Crippen LogP contribution in [0.15, 0.2) is 17.5 Å². The van der Waals surface area contributed by atoms with E-state index in [9.17, 15) is 9.59 Å². The van der Waals surface area contributed by atoms with Gasteiger partial charge < -0.3 is 5.32 Å². The third kappa shape index (κ3) is 4.41. The lowest BCUT2D eigenvalue weighted by molar-refractivity contribution is -0.120. The van der Waals surface area contributed by atoms with Gasteiger partial charge in [-0.3, -0.25) is 15.0 Å². The third-order valence-corrected chi connectivity index (χ3v) is 2.76. The molecule has 16 heavy (non-hydrogen) atoms. The molecule has 0 aromatic carbocycles. The molecule has 0 aliphatic carbocycles. The van der Waals surface area contributed by atoms with Gasteiger partial charge in [-0.2, -0.15) is 0 Å². The standard InChI is InChI=1S/C10H15N3O2S/c1-11-10(15)12-9(14)7-13(2)6-8-4-3-5-16-8/h3-5H,6-7H2,1-2H3,(H2,11,12,14,15). The molecule has 0 saturated heterocycles. The largest absolute Gasteiger partial charge is 0.341 e. The highest BCUT2D eigenvalue weighted by Crippen LogP contribution is 2.10. The summed E-state index contributed by atoms with van der Waals surface area (Å²) in [6.07, 6.45) is 0. The van der Waals surface area contributed by atoms with Gasteiger partial charge in [0.05, 0.1) is 6.54 Å². The lowest BCUT2D eigenvalue weighted by Gasteiger charge is -2.14. The van der Waals surface area contributed by atoms with Gasteiger partial charge in [-0.05, 0) is 18.5 Å². The van der Waals surface area contributed by atoms with Crippen LogP contribution >= 0.6 is 11.3 Å². The Morgan fingerprint density at radius 2 is 2.25 bits per heavy atom. The normalized spacial score (nSPS) is 10.2. The Morgan fingerprint density at radius 1 is 1.50 bits per heavy atom. The number of carbonyl (C=O) groups excluding carboxylic acids is 2. The smallest absolute Gasteiger partial charge is 0.321 e. The van der Waals surface area contributed by atoms with Crippen molar-refractivity contribution < 1.29 is 9.59 Å². The van der Waals surface area contributed by atoms with Gasteiger partial charge >= 0.3 is 6.03 Å². The summed E-state index contributed by atoms with van der Waals surface area (Å²) >= 11 is 1.64. The minimum absolute atomic E-state index is 0.200. The second-order valence-electron chi connectivity index (χ2n) is 3.38. The molecule has 0 radical (unpaired) electrons. The SMILES string of the molecule is CNC(=O)NC(=O)CN(C)Cc1cccs1. The molecule has 0 aliphatic heterocycles. The highest BCUT2D eigenvalue weighted by atomic mass is 32.1. The average molecular weight is 241 g/mol. The Kier molecular flexibility index (Phi) is 4.94. The lowest BCUT2D eigenvalue weighted by atomic mass is 10.4. The van der Waals surface area contributed by atoms with Crippen molar-refractivity contribution in [2.75, 3.05) is 20.6 Å². The van der Waals surface area contributed by atoms with Crippen LogP contribution in [0.4, 0.5) is 4.79 Å². The molecule has 88 valence electrons. The fraction of sp³-hybridized carbons (Fsp3) is 0.400. The Hall–Kier alpha value is -1.40. The number of hydrogen-bond acceptors (Lipinski definition) is 4. The summed E-state index contributed by atoms with van der Waals surface area (Å²) < 4.78 is 0. The minimum Gasteiger partial charge on any atom is -0.341 e. The molecule has 1 heterocycles. The monoisotopic (exact) mass is 241 g/mol. The maximum Gasteiger partial charge on any atom is 0.321 e. The average Bonchev–Trinajstić information content (AvgIpc) is 2.69.